The molecule has 0 aliphatic heterocycles. The zero-order valence-corrected chi connectivity index (χ0v) is 15.8. The van der Waals surface area contributed by atoms with Crippen molar-refractivity contribution in [3.8, 4) is 5.75 Å². The van der Waals surface area contributed by atoms with Crippen molar-refractivity contribution in [3.63, 3.8) is 0 Å². The van der Waals surface area contributed by atoms with Gasteiger partial charge in [0.25, 0.3) is 0 Å². The molecule has 0 saturated carbocycles. The van der Waals surface area contributed by atoms with E-state index in [0.717, 1.165) is 41.0 Å². The first kappa shape index (κ1) is 19.1. The average molecular weight is 367 g/mol. The highest BCUT2D eigenvalue weighted by Crippen LogP contribution is 2.29. The third-order valence-electron chi connectivity index (χ3n) is 4.33. The number of anilines is 2. The van der Waals surface area contributed by atoms with Gasteiger partial charge in [-0.05, 0) is 49.2 Å². The van der Waals surface area contributed by atoms with Crippen molar-refractivity contribution in [2.24, 2.45) is 0 Å². The number of para-hydroxylation sites is 1. The Morgan fingerprint density at radius 3 is 2.52 bits per heavy atom. The van der Waals surface area contributed by atoms with Crippen molar-refractivity contribution in [1.29, 1.82) is 0 Å². The SMILES string of the molecule is COc1ccc(N(C)c2nc(COCCCCO)nc3ccccc23)cc1. The summed E-state index contributed by atoms with van der Waals surface area (Å²) >= 11 is 0. The number of hydrogen-bond donors (Lipinski definition) is 1. The molecular formula is C21H25N3O3. The van der Waals surface area contributed by atoms with Crippen LogP contribution in [0.25, 0.3) is 10.9 Å². The van der Waals surface area contributed by atoms with Crippen LogP contribution in [-0.4, -0.2) is 42.4 Å². The maximum absolute atomic E-state index is 8.85. The lowest BCUT2D eigenvalue weighted by Crippen LogP contribution is -2.14. The maximum atomic E-state index is 8.85. The minimum absolute atomic E-state index is 0.187. The van der Waals surface area contributed by atoms with Crippen LogP contribution in [0.1, 0.15) is 18.7 Å². The van der Waals surface area contributed by atoms with E-state index in [1.54, 1.807) is 7.11 Å². The molecule has 142 valence electrons. The largest absolute Gasteiger partial charge is 0.497 e. The Kier molecular flexibility index (Phi) is 6.57. The summed E-state index contributed by atoms with van der Waals surface area (Å²) in [5.74, 6) is 2.30. The topological polar surface area (TPSA) is 67.7 Å². The molecular weight excluding hydrogens is 342 g/mol. The van der Waals surface area contributed by atoms with Gasteiger partial charge in [0.15, 0.2) is 5.82 Å². The minimum Gasteiger partial charge on any atom is -0.497 e. The summed E-state index contributed by atoms with van der Waals surface area (Å²) in [5, 5.41) is 9.83. The van der Waals surface area contributed by atoms with Crippen LogP contribution in [-0.2, 0) is 11.3 Å². The van der Waals surface area contributed by atoms with Crippen LogP contribution < -0.4 is 9.64 Å². The van der Waals surface area contributed by atoms with E-state index in [1.807, 2.05) is 60.5 Å². The molecule has 3 aromatic rings. The van der Waals surface area contributed by atoms with Gasteiger partial charge in [-0.15, -0.1) is 0 Å². The second-order valence-electron chi connectivity index (χ2n) is 6.22. The van der Waals surface area contributed by atoms with E-state index in [0.29, 0.717) is 19.0 Å². The minimum atomic E-state index is 0.187. The average Bonchev–Trinajstić information content (AvgIpc) is 2.72. The smallest absolute Gasteiger partial charge is 0.157 e. The van der Waals surface area contributed by atoms with Crippen LogP contribution in [0.5, 0.6) is 5.75 Å². The first-order chi connectivity index (χ1) is 13.2. The van der Waals surface area contributed by atoms with Crippen LogP contribution in [0, 0.1) is 0 Å². The molecule has 0 aliphatic carbocycles. The number of aromatic nitrogens is 2. The third kappa shape index (κ3) is 4.72. The third-order valence-corrected chi connectivity index (χ3v) is 4.33. The second kappa shape index (κ2) is 9.30. The van der Waals surface area contributed by atoms with Gasteiger partial charge >= 0.3 is 0 Å². The molecule has 6 nitrogen and oxygen atoms in total. The molecule has 0 saturated heterocycles. The highest BCUT2D eigenvalue weighted by molar-refractivity contribution is 5.91. The van der Waals surface area contributed by atoms with Crippen LogP contribution in [0.2, 0.25) is 0 Å². The van der Waals surface area contributed by atoms with Gasteiger partial charge in [-0.1, -0.05) is 12.1 Å². The Morgan fingerprint density at radius 1 is 1.00 bits per heavy atom. The molecule has 1 heterocycles. The Labute approximate surface area is 159 Å². The van der Waals surface area contributed by atoms with E-state index in [2.05, 4.69) is 4.98 Å². The van der Waals surface area contributed by atoms with Gasteiger partial charge < -0.3 is 19.5 Å². The predicted octanol–water partition coefficient (Wildman–Crippen LogP) is 3.70. The van der Waals surface area contributed by atoms with E-state index in [-0.39, 0.29) is 6.61 Å². The van der Waals surface area contributed by atoms with Crippen LogP contribution in [0.4, 0.5) is 11.5 Å². The van der Waals surface area contributed by atoms with Crippen LogP contribution >= 0.6 is 0 Å². The number of fused-ring (bicyclic) bond motifs is 1. The molecule has 0 fully saturated rings. The Balaban J connectivity index is 1.87. The molecule has 6 heteroatoms. The summed E-state index contributed by atoms with van der Waals surface area (Å²) in [6, 6.07) is 15.8. The van der Waals surface area contributed by atoms with Gasteiger partial charge in [0.2, 0.25) is 0 Å². The lowest BCUT2D eigenvalue weighted by molar-refractivity contribution is 0.108. The Bertz CT molecular complexity index is 868. The molecule has 1 aromatic heterocycles. The summed E-state index contributed by atoms with van der Waals surface area (Å²) < 4.78 is 10.9. The molecule has 0 spiro atoms. The predicted molar refractivity (Wildman–Crippen MR) is 107 cm³/mol. The monoisotopic (exact) mass is 367 g/mol. The van der Waals surface area contributed by atoms with Gasteiger partial charge in [-0.2, -0.15) is 0 Å². The van der Waals surface area contributed by atoms with Crippen LogP contribution in [0.15, 0.2) is 48.5 Å². The zero-order valence-electron chi connectivity index (χ0n) is 15.8. The van der Waals surface area contributed by atoms with Gasteiger partial charge in [0.05, 0.1) is 12.6 Å². The molecule has 0 aliphatic rings. The number of hydrogen-bond acceptors (Lipinski definition) is 6. The summed E-state index contributed by atoms with van der Waals surface area (Å²) in [5.41, 5.74) is 1.89. The summed E-state index contributed by atoms with van der Waals surface area (Å²) in [6.45, 7) is 1.12. The number of methoxy groups -OCH3 is 1. The lowest BCUT2D eigenvalue weighted by Gasteiger charge is -2.21. The molecule has 3 rings (SSSR count). The highest BCUT2D eigenvalue weighted by Gasteiger charge is 2.13. The number of benzene rings is 2. The van der Waals surface area contributed by atoms with E-state index >= 15 is 0 Å². The maximum Gasteiger partial charge on any atom is 0.157 e. The van der Waals surface area contributed by atoms with Crippen molar-refractivity contribution in [3.05, 3.63) is 54.4 Å². The fourth-order valence-corrected chi connectivity index (χ4v) is 2.83. The Hall–Kier alpha value is -2.70. The molecule has 0 unspecified atom stereocenters. The van der Waals surface area contributed by atoms with E-state index in [4.69, 9.17) is 19.6 Å². The molecule has 0 radical (unpaired) electrons. The fourth-order valence-electron chi connectivity index (χ4n) is 2.83. The van der Waals surface area contributed by atoms with Crippen molar-refractivity contribution in [2.45, 2.75) is 19.4 Å². The summed E-state index contributed by atoms with van der Waals surface area (Å²) in [4.78, 5) is 11.4. The summed E-state index contributed by atoms with van der Waals surface area (Å²) in [6.07, 6.45) is 1.56. The standard InChI is InChI=1S/C21H25N3O3/c1-24(16-9-11-17(26-2)12-10-16)21-18-7-3-4-8-19(18)22-20(23-21)15-27-14-6-5-13-25/h3-4,7-12,25H,5-6,13-15H2,1-2H3. The van der Waals surface area contributed by atoms with Gasteiger partial charge in [0, 0.05) is 31.3 Å². The molecule has 0 amide bonds. The van der Waals surface area contributed by atoms with Gasteiger partial charge in [-0.3, -0.25) is 0 Å². The van der Waals surface area contributed by atoms with Crippen molar-refractivity contribution < 1.29 is 14.6 Å². The van der Waals surface area contributed by atoms with E-state index in [1.165, 1.54) is 0 Å². The summed E-state index contributed by atoms with van der Waals surface area (Å²) in [7, 11) is 3.64. The molecule has 1 N–H and O–H groups in total. The van der Waals surface area contributed by atoms with Gasteiger partial charge in [-0.25, -0.2) is 9.97 Å². The van der Waals surface area contributed by atoms with Crippen molar-refractivity contribution in [1.82, 2.24) is 9.97 Å². The molecule has 27 heavy (non-hydrogen) atoms. The van der Waals surface area contributed by atoms with E-state index < -0.39 is 0 Å². The lowest BCUT2D eigenvalue weighted by atomic mass is 10.2. The number of aliphatic hydroxyl groups is 1. The molecule has 0 atom stereocenters. The number of aliphatic hydroxyl groups excluding tert-OH is 1. The van der Waals surface area contributed by atoms with Crippen molar-refractivity contribution >= 4 is 22.4 Å². The first-order valence-electron chi connectivity index (χ1n) is 9.05. The normalized spacial score (nSPS) is 10.9. The van der Waals surface area contributed by atoms with Gasteiger partial charge in [0.1, 0.15) is 18.2 Å². The van der Waals surface area contributed by atoms with E-state index in [9.17, 15) is 0 Å². The highest BCUT2D eigenvalue weighted by atomic mass is 16.5. The Morgan fingerprint density at radius 2 is 1.78 bits per heavy atom. The number of rotatable bonds is 9. The van der Waals surface area contributed by atoms with Crippen LogP contribution in [0.3, 0.4) is 0 Å². The van der Waals surface area contributed by atoms with Crippen molar-refractivity contribution in [2.75, 3.05) is 32.3 Å². The number of nitrogens with zero attached hydrogens (tertiary/aromatic N) is 3. The second-order valence-corrected chi connectivity index (χ2v) is 6.22. The number of unbranched alkanes of at least 4 members (excludes halogenated alkanes) is 1. The number of ether oxygens (including phenoxy) is 2. The fraction of sp³-hybridized carbons (Fsp3) is 0.333. The molecule has 0 bridgehead atoms. The quantitative estimate of drug-likeness (QED) is 0.582. The first-order valence-corrected chi connectivity index (χ1v) is 9.05. The zero-order chi connectivity index (χ0) is 19.1. The molecule has 2 aromatic carbocycles.